The lowest BCUT2D eigenvalue weighted by atomic mass is 10.1. The molecule has 2 heterocycles. The van der Waals surface area contributed by atoms with Crippen LogP contribution < -0.4 is 14.9 Å². The van der Waals surface area contributed by atoms with Crippen LogP contribution in [0.3, 0.4) is 0 Å². The van der Waals surface area contributed by atoms with Gasteiger partial charge >= 0.3 is 0 Å². The number of nitro groups is 1. The number of amides is 1. The second kappa shape index (κ2) is 5.82. The summed E-state index contributed by atoms with van der Waals surface area (Å²) in [5, 5.41) is 16.6. The summed E-state index contributed by atoms with van der Waals surface area (Å²) in [6.45, 7) is 0.0161. The number of hydrogen-bond donors (Lipinski definition) is 1. The zero-order valence-electron chi connectivity index (χ0n) is 11.0. The lowest BCUT2D eigenvalue weighted by Crippen LogP contribution is -2.16. The molecule has 3 rings (SSSR count). The van der Waals surface area contributed by atoms with Crippen LogP contribution in [0, 0.1) is 10.1 Å². The van der Waals surface area contributed by atoms with Crippen molar-refractivity contribution in [2.45, 2.75) is 0 Å². The molecule has 1 amide bonds. The predicted molar refractivity (Wildman–Crippen MR) is 78.6 cm³/mol. The van der Waals surface area contributed by atoms with Crippen LogP contribution in [0.15, 0.2) is 34.7 Å². The number of fused-ring (bicyclic) bond motifs is 1. The largest absolute Gasteiger partial charge is 0.454 e. The number of hydrazone groups is 1. The lowest BCUT2D eigenvalue weighted by molar-refractivity contribution is -0.385. The first-order chi connectivity index (χ1) is 10.6. The summed E-state index contributed by atoms with van der Waals surface area (Å²) in [4.78, 5) is 22.7. The van der Waals surface area contributed by atoms with E-state index < -0.39 is 4.92 Å². The van der Waals surface area contributed by atoms with Crippen molar-refractivity contribution in [1.82, 2.24) is 5.43 Å². The van der Waals surface area contributed by atoms with Gasteiger partial charge in [0.2, 0.25) is 6.79 Å². The summed E-state index contributed by atoms with van der Waals surface area (Å²) >= 11 is 1.27. The predicted octanol–water partition coefficient (Wildman–Crippen LogP) is 2.15. The molecular formula is C13H9N3O5S. The van der Waals surface area contributed by atoms with Gasteiger partial charge in [-0.2, -0.15) is 5.10 Å². The Morgan fingerprint density at radius 2 is 2.18 bits per heavy atom. The standard InChI is InChI=1S/C13H9N3O5S/c17-13(12-2-1-3-22-12)15-14-6-8-4-10-11(21-7-20-10)5-9(8)16(18)19/h1-6H,7H2,(H,15,17). The fourth-order valence-corrected chi connectivity index (χ4v) is 2.45. The molecule has 0 radical (unpaired) electrons. The molecule has 0 fully saturated rings. The third-order valence-electron chi connectivity index (χ3n) is 2.83. The highest BCUT2D eigenvalue weighted by Crippen LogP contribution is 2.37. The van der Waals surface area contributed by atoms with E-state index in [0.717, 1.165) is 0 Å². The van der Waals surface area contributed by atoms with Crippen LogP contribution in [0.1, 0.15) is 15.2 Å². The monoisotopic (exact) mass is 319 g/mol. The first kappa shape index (κ1) is 14.0. The van der Waals surface area contributed by atoms with Crippen molar-refractivity contribution in [3.05, 3.63) is 50.2 Å². The van der Waals surface area contributed by atoms with E-state index >= 15 is 0 Å². The number of nitro benzene ring substituents is 1. The minimum Gasteiger partial charge on any atom is -0.454 e. The average molecular weight is 319 g/mol. The van der Waals surface area contributed by atoms with Crippen molar-refractivity contribution in [3.8, 4) is 11.5 Å². The van der Waals surface area contributed by atoms with Gasteiger partial charge in [-0.05, 0) is 17.5 Å². The molecule has 1 aromatic heterocycles. The third kappa shape index (κ3) is 2.74. The molecule has 1 aromatic carbocycles. The highest BCUT2D eigenvalue weighted by Gasteiger charge is 2.22. The Morgan fingerprint density at radius 1 is 1.41 bits per heavy atom. The molecule has 0 bridgehead atoms. The Bertz CT molecular complexity index is 757. The lowest BCUT2D eigenvalue weighted by Gasteiger charge is -2.00. The number of rotatable bonds is 4. The minimum absolute atomic E-state index is 0.0161. The summed E-state index contributed by atoms with van der Waals surface area (Å²) in [6, 6.07) is 6.11. The van der Waals surface area contributed by atoms with Crippen LogP contribution in [0.25, 0.3) is 0 Å². The summed E-state index contributed by atoms with van der Waals surface area (Å²) in [5.41, 5.74) is 2.34. The highest BCUT2D eigenvalue weighted by molar-refractivity contribution is 7.12. The summed E-state index contributed by atoms with van der Waals surface area (Å²) in [6.07, 6.45) is 1.20. The quantitative estimate of drug-likeness (QED) is 0.528. The van der Waals surface area contributed by atoms with E-state index in [9.17, 15) is 14.9 Å². The van der Waals surface area contributed by atoms with Gasteiger partial charge in [0.05, 0.1) is 27.6 Å². The van der Waals surface area contributed by atoms with E-state index in [1.165, 1.54) is 29.7 Å². The Morgan fingerprint density at radius 3 is 2.86 bits per heavy atom. The van der Waals surface area contributed by atoms with Crippen LogP contribution in [0.2, 0.25) is 0 Å². The number of carbonyl (C=O) groups excluding carboxylic acids is 1. The molecule has 9 heteroatoms. The number of benzene rings is 1. The number of ether oxygens (including phenoxy) is 2. The zero-order chi connectivity index (χ0) is 15.5. The topological polar surface area (TPSA) is 103 Å². The zero-order valence-corrected chi connectivity index (χ0v) is 11.8. The normalized spacial score (nSPS) is 12.5. The van der Waals surface area contributed by atoms with E-state index in [-0.39, 0.29) is 24.0 Å². The first-order valence-corrected chi connectivity index (χ1v) is 6.98. The molecule has 1 aliphatic rings. The van der Waals surface area contributed by atoms with Gasteiger partial charge < -0.3 is 9.47 Å². The van der Waals surface area contributed by atoms with Gasteiger partial charge in [0.1, 0.15) is 0 Å². The van der Waals surface area contributed by atoms with E-state index in [1.54, 1.807) is 17.5 Å². The maximum atomic E-state index is 11.7. The first-order valence-electron chi connectivity index (χ1n) is 6.10. The molecule has 0 aliphatic carbocycles. The van der Waals surface area contributed by atoms with Gasteiger partial charge in [0.25, 0.3) is 11.6 Å². The van der Waals surface area contributed by atoms with Crippen molar-refractivity contribution >= 4 is 29.1 Å². The Kier molecular flexibility index (Phi) is 3.71. The summed E-state index contributed by atoms with van der Waals surface area (Å²) in [7, 11) is 0. The molecule has 0 spiro atoms. The van der Waals surface area contributed by atoms with Crippen LogP contribution in [0.4, 0.5) is 5.69 Å². The van der Waals surface area contributed by atoms with Crippen molar-refractivity contribution in [3.63, 3.8) is 0 Å². The Hall–Kier alpha value is -2.94. The second-order valence-corrected chi connectivity index (χ2v) is 5.15. The maximum Gasteiger partial charge on any atom is 0.282 e. The molecule has 112 valence electrons. The molecule has 0 unspecified atom stereocenters. The molecule has 8 nitrogen and oxygen atoms in total. The summed E-state index contributed by atoms with van der Waals surface area (Å²) < 4.78 is 10.3. The molecule has 0 atom stereocenters. The maximum absolute atomic E-state index is 11.7. The fraction of sp³-hybridized carbons (Fsp3) is 0.0769. The van der Waals surface area contributed by atoms with Crippen molar-refractivity contribution in [2.75, 3.05) is 6.79 Å². The average Bonchev–Trinajstić information content (AvgIpc) is 3.17. The highest BCUT2D eigenvalue weighted by atomic mass is 32.1. The molecule has 2 aromatic rings. The van der Waals surface area contributed by atoms with Crippen LogP contribution in [0.5, 0.6) is 11.5 Å². The van der Waals surface area contributed by atoms with E-state index in [0.29, 0.717) is 16.4 Å². The van der Waals surface area contributed by atoms with Gasteiger partial charge in [-0.15, -0.1) is 11.3 Å². The van der Waals surface area contributed by atoms with Gasteiger partial charge in [-0.25, -0.2) is 5.43 Å². The van der Waals surface area contributed by atoms with E-state index in [4.69, 9.17) is 9.47 Å². The molecule has 0 saturated carbocycles. The van der Waals surface area contributed by atoms with Gasteiger partial charge in [0.15, 0.2) is 11.5 Å². The summed E-state index contributed by atoms with van der Waals surface area (Å²) in [5.74, 6) is 0.331. The molecular weight excluding hydrogens is 310 g/mol. The number of nitrogens with one attached hydrogen (secondary N) is 1. The molecule has 0 saturated heterocycles. The molecule has 1 aliphatic heterocycles. The van der Waals surface area contributed by atoms with Gasteiger partial charge in [-0.1, -0.05) is 6.07 Å². The molecule has 1 N–H and O–H groups in total. The minimum atomic E-state index is -0.551. The SMILES string of the molecule is O=C(NN=Cc1cc2c(cc1[N+](=O)[O-])OCO2)c1cccs1. The number of hydrogen-bond acceptors (Lipinski definition) is 7. The smallest absolute Gasteiger partial charge is 0.282 e. The third-order valence-corrected chi connectivity index (χ3v) is 3.70. The van der Waals surface area contributed by atoms with Crippen LogP contribution in [-0.4, -0.2) is 23.8 Å². The van der Waals surface area contributed by atoms with Crippen LogP contribution >= 0.6 is 11.3 Å². The van der Waals surface area contributed by atoms with Crippen molar-refractivity contribution < 1.29 is 19.2 Å². The van der Waals surface area contributed by atoms with Gasteiger partial charge in [0, 0.05) is 0 Å². The number of carbonyl (C=O) groups is 1. The van der Waals surface area contributed by atoms with Crippen molar-refractivity contribution in [1.29, 1.82) is 0 Å². The Balaban J connectivity index is 1.81. The van der Waals surface area contributed by atoms with Crippen LogP contribution in [-0.2, 0) is 0 Å². The van der Waals surface area contributed by atoms with Crippen molar-refractivity contribution in [2.24, 2.45) is 5.10 Å². The molecule has 22 heavy (non-hydrogen) atoms. The fourth-order valence-electron chi connectivity index (χ4n) is 1.83. The van der Waals surface area contributed by atoms with Gasteiger partial charge in [-0.3, -0.25) is 14.9 Å². The number of nitrogens with zero attached hydrogens (tertiary/aromatic N) is 2. The van der Waals surface area contributed by atoms with E-state index in [1.807, 2.05) is 0 Å². The second-order valence-electron chi connectivity index (χ2n) is 4.20. The number of thiophene rings is 1. The van der Waals surface area contributed by atoms with E-state index in [2.05, 4.69) is 10.5 Å². The Labute approximate surface area is 128 Å².